The van der Waals surface area contributed by atoms with E-state index in [-0.39, 0.29) is 22.7 Å². The van der Waals surface area contributed by atoms with Crippen LogP contribution in [0.3, 0.4) is 0 Å². The van der Waals surface area contributed by atoms with E-state index in [1.807, 2.05) is 42.0 Å². The molecular formula is C18H16ClN3O2. The highest BCUT2D eigenvalue weighted by Gasteiger charge is 2.13. The molecule has 0 aliphatic heterocycles. The molecule has 2 aromatic carbocycles. The predicted molar refractivity (Wildman–Crippen MR) is 92.6 cm³/mol. The highest BCUT2D eigenvalue weighted by atomic mass is 35.5. The first kappa shape index (κ1) is 16.1. The Balaban J connectivity index is 1.71. The first-order chi connectivity index (χ1) is 11.5. The number of carbonyl (C=O) groups is 1. The molecule has 0 aliphatic carbocycles. The van der Waals surface area contributed by atoms with E-state index in [2.05, 4.69) is 10.3 Å². The van der Waals surface area contributed by atoms with Crippen molar-refractivity contribution in [3.8, 4) is 11.4 Å². The molecule has 2 N–H and O–H groups in total. The van der Waals surface area contributed by atoms with Gasteiger partial charge in [-0.1, -0.05) is 23.7 Å². The topological polar surface area (TPSA) is 67.2 Å². The average Bonchev–Trinajstić information content (AvgIpc) is 3.12. The Morgan fingerprint density at radius 1 is 1.25 bits per heavy atom. The average molecular weight is 342 g/mol. The van der Waals surface area contributed by atoms with Gasteiger partial charge in [-0.3, -0.25) is 4.79 Å². The van der Waals surface area contributed by atoms with E-state index in [0.29, 0.717) is 5.56 Å². The van der Waals surface area contributed by atoms with Gasteiger partial charge in [0, 0.05) is 23.6 Å². The summed E-state index contributed by atoms with van der Waals surface area (Å²) >= 11 is 5.84. The van der Waals surface area contributed by atoms with E-state index in [9.17, 15) is 9.90 Å². The van der Waals surface area contributed by atoms with Gasteiger partial charge in [0.25, 0.3) is 5.91 Å². The Labute approximate surface area is 144 Å². The molecule has 0 saturated heterocycles. The van der Waals surface area contributed by atoms with Crippen molar-refractivity contribution < 1.29 is 9.90 Å². The number of rotatable bonds is 4. The number of hydrogen-bond acceptors (Lipinski definition) is 3. The van der Waals surface area contributed by atoms with Crippen molar-refractivity contribution >= 4 is 17.5 Å². The molecule has 3 aromatic rings. The number of halogens is 1. The quantitative estimate of drug-likeness (QED) is 0.760. The molecule has 0 fully saturated rings. The molecule has 5 nitrogen and oxygen atoms in total. The number of phenols is 1. The van der Waals surface area contributed by atoms with Crippen LogP contribution in [0, 0.1) is 0 Å². The molecule has 122 valence electrons. The van der Waals surface area contributed by atoms with Crippen molar-refractivity contribution in [2.24, 2.45) is 0 Å². The molecule has 24 heavy (non-hydrogen) atoms. The third kappa shape index (κ3) is 3.41. The van der Waals surface area contributed by atoms with Gasteiger partial charge in [-0.05, 0) is 42.8 Å². The summed E-state index contributed by atoms with van der Waals surface area (Å²) in [6.07, 6.45) is 5.32. The summed E-state index contributed by atoms with van der Waals surface area (Å²) < 4.78 is 1.91. The van der Waals surface area contributed by atoms with E-state index >= 15 is 0 Å². The second-order valence-electron chi connectivity index (χ2n) is 5.42. The molecule has 0 aliphatic rings. The van der Waals surface area contributed by atoms with Crippen LogP contribution in [0.15, 0.2) is 61.2 Å². The van der Waals surface area contributed by atoms with Crippen molar-refractivity contribution in [1.29, 1.82) is 0 Å². The summed E-state index contributed by atoms with van der Waals surface area (Å²) in [6.45, 7) is 1.91. The van der Waals surface area contributed by atoms with Crippen molar-refractivity contribution in [3.63, 3.8) is 0 Å². The minimum Gasteiger partial charge on any atom is -0.506 e. The van der Waals surface area contributed by atoms with E-state index in [1.54, 1.807) is 12.5 Å². The standard InChI is InChI=1S/C18H16ClN3O2/c1-12(21-18(24)14-4-7-17(23)16(19)10-14)13-2-5-15(6-3-13)22-9-8-20-11-22/h2-12,23H,1H3,(H,21,24). The number of benzene rings is 2. The lowest BCUT2D eigenvalue weighted by Gasteiger charge is -2.15. The first-order valence-electron chi connectivity index (χ1n) is 7.42. The lowest BCUT2D eigenvalue weighted by molar-refractivity contribution is 0.0940. The summed E-state index contributed by atoms with van der Waals surface area (Å²) in [6, 6.07) is 12.1. The zero-order valence-electron chi connectivity index (χ0n) is 13.0. The van der Waals surface area contributed by atoms with Crippen LogP contribution in [0.1, 0.15) is 28.9 Å². The molecule has 0 saturated carbocycles. The van der Waals surface area contributed by atoms with E-state index in [4.69, 9.17) is 11.6 Å². The van der Waals surface area contributed by atoms with Crippen molar-refractivity contribution in [2.45, 2.75) is 13.0 Å². The number of aromatic hydroxyl groups is 1. The van der Waals surface area contributed by atoms with Crippen molar-refractivity contribution in [1.82, 2.24) is 14.9 Å². The van der Waals surface area contributed by atoms with Crippen LogP contribution in [-0.4, -0.2) is 20.6 Å². The van der Waals surface area contributed by atoms with Gasteiger partial charge >= 0.3 is 0 Å². The minimum atomic E-state index is -0.247. The van der Waals surface area contributed by atoms with Gasteiger partial charge in [0.05, 0.1) is 17.4 Å². The van der Waals surface area contributed by atoms with Crippen molar-refractivity contribution in [2.75, 3.05) is 0 Å². The number of amides is 1. The second-order valence-corrected chi connectivity index (χ2v) is 5.83. The fourth-order valence-corrected chi connectivity index (χ4v) is 2.54. The van der Waals surface area contributed by atoms with Gasteiger partial charge in [-0.25, -0.2) is 4.98 Å². The van der Waals surface area contributed by atoms with Gasteiger partial charge in [0.1, 0.15) is 5.75 Å². The zero-order valence-corrected chi connectivity index (χ0v) is 13.7. The third-order valence-corrected chi connectivity index (χ3v) is 4.06. The molecular weight excluding hydrogens is 326 g/mol. The van der Waals surface area contributed by atoms with Gasteiger partial charge in [-0.2, -0.15) is 0 Å². The summed E-state index contributed by atoms with van der Waals surface area (Å²) in [5, 5.41) is 12.5. The van der Waals surface area contributed by atoms with Crippen LogP contribution in [0.2, 0.25) is 5.02 Å². The molecule has 0 spiro atoms. The van der Waals surface area contributed by atoms with Crippen LogP contribution in [0.25, 0.3) is 5.69 Å². The fraction of sp³-hybridized carbons (Fsp3) is 0.111. The Morgan fingerprint density at radius 3 is 2.62 bits per heavy atom. The van der Waals surface area contributed by atoms with E-state index < -0.39 is 0 Å². The van der Waals surface area contributed by atoms with Crippen LogP contribution in [0.5, 0.6) is 5.75 Å². The molecule has 0 radical (unpaired) electrons. The van der Waals surface area contributed by atoms with Crippen LogP contribution in [0.4, 0.5) is 0 Å². The summed E-state index contributed by atoms with van der Waals surface area (Å²) in [5.74, 6) is -0.292. The Bertz CT molecular complexity index is 845. The third-order valence-electron chi connectivity index (χ3n) is 3.75. The van der Waals surface area contributed by atoms with E-state index in [1.165, 1.54) is 18.2 Å². The second kappa shape index (κ2) is 6.76. The lowest BCUT2D eigenvalue weighted by atomic mass is 10.1. The number of hydrogen-bond donors (Lipinski definition) is 2. The highest BCUT2D eigenvalue weighted by molar-refractivity contribution is 6.32. The van der Waals surface area contributed by atoms with Crippen LogP contribution >= 0.6 is 11.6 Å². The maximum atomic E-state index is 12.3. The Hall–Kier alpha value is -2.79. The monoisotopic (exact) mass is 341 g/mol. The smallest absolute Gasteiger partial charge is 0.251 e. The van der Waals surface area contributed by atoms with Gasteiger partial charge in [0.15, 0.2) is 0 Å². The number of nitrogens with zero attached hydrogens (tertiary/aromatic N) is 2. The Morgan fingerprint density at radius 2 is 2.00 bits per heavy atom. The molecule has 1 heterocycles. The number of phenolic OH excluding ortho intramolecular Hbond substituents is 1. The molecule has 0 bridgehead atoms. The summed E-state index contributed by atoms with van der Waals surface area (Å²) in [5.41, 5.74) is 2.39. The minimum absolute atomic E-state index is 0.0450. The zero-order chi connectivity index (χ0) is 17.1. The maximum Gasteiger partial charge on any atom is 0.251 e. The van der Waals surface area contributed by atoms with Crippen molar-refractivity contribution in [3.05, 3.63) is 77.3 Å². The number of aromatic nitrogens is 2. The van der Waals surface area contributed by atoms with Gasteiger partial charge in [0.2, 0.25) is 0 Å². The molecule has 3 rings (SSSR count). The predicted octanol–water partition coefficient (Wildman–Crippen LogP) is 3.72. The molecule has 1 aromatic heterocycles. The van der Waals surface area contributed by atoms with E-state index in [0.717, 1.165) is 11.3 Å². The summed E-state index contributed by atoms with van der Waals surface area (Å²) in [4.78, 5) is 16.3. The molecule has 6 heteroatoms. The maximum absolute atomic E-state index is 12.3. The largest absolute Gasteiger partial charge is 0.506 e. The van der Waals surface area contributed by atoms with Crippen LogP contribution in [-0.2, 0) is 0 Å². The number of carbonyl (C=O) groups excluding carboxylic acids is 1. The highest BCUT2D eigenvalue weighted by Crippen LogP contribution is 2.24. The lowest BCUT2D eigenvalue weighted by Crippen LogP contribution is -2.26. The molecule has 1 amide bonds. The number of nitrogens with one attached hydrogen (secondary N) is 1. The van der Waals surface area contributed by atoms with Gasteiger partial charge in [-0.15, -0.1) is 0 Å². The molecule has 1 unspecified atom stereocenters. The van der Waals surface area contributed by atoms with Gasteiger partial charge < -0.3 is 15.0 Å². The first-order valence-corrected chi connectivity index (χ1v) is 7.80. The Kier molecular flexibility index (Phi) is 4.53. The SMILES string of the molecule is CC(NC(=O)c1ccc(O)c(Cl)c1)c1ccc(-n2ccnc2)cc1. The summed E-state index contributed by atoms with van der Waals surface area (Å²) in [7, 11) is 0. The number of imidazole rings is 1. The molecule has 1 atom stereocenters. The fourth-order valence-electron chi connectivity index (χ4n) is 2.36. The van der Waals surface area contributed by atoms with Crippen LogP contribution < -0.4 is 5.32 Å². The normalized spacial score (nSPS) is 11.9.